The van der Waals surface area contributed by atoms with Crippen LogP contribution < -0.4 is 14.4 Å². The molecule has 0 spiro atoms. The Morgan fingerprint density at radius 2 is 1.65 bits per heavy atom. The van der Waals surface area contributed by atoms with Crippen LogP contribution in [0.25, 0.3) is 0 Å². The van der Waals surface area contributed by atoms with Gasteiger partial charge >= 0.3 is 0 Å². The van der Waals surface area contributed by atoms with Crippen LogP contribution in [0.3, 0.4) is 0 Å². The number of ether oxygens (including phenoxy) is 1. The Morgan fingerprint density at radius 1 is 1.00 bits per heavy atom. The number of nitrogens with one attached hydrogen (secondary N) is 1. The number of halogens is 1. The Morgan fingerprint density at radius 3 is 2.24 bits per heavy atom. The minimum Gasteiger partial charge on any atom is -0.494 e. The predicted octanol–water partition coefficient (Wildman–Crippen LogP) is 5.01. The van der Waals surface area contributed by atoms with Crippen molar-refractivity contribution in [1.82, 2.24) is 5.32 Å². The molecule has 0 fully saturated rings. The largest absolute Gasteiger partial charge is 0.494 e. The van der Waals surface area contributed by atoms with Crippen LogP contribution in [0.4, 0.5) is 5.69 Å². The SMILES string of the molecule is CCOc1ccc(N(CC(=O)NCCc2ccc(Cl)cc2)S(=O)(=O)c2ccc(SC)cc2)cc1. The Labute approximate surface area is 210 Å². The number of nitrogens with zero attached hydrogens (tertiary/aromatic N) is 1. The van der Waals surface area contributed by atoms with Crippen molar-refractivity contribution < 1.29 is 17.9 Å². The number of benzene rings is 3. The number of carbonyl (C=O) groups excluding carboxylic acids is 1. The first kappa shape index (κ1) is 25.9. The lowest BCUT2D eigenvalue weighted by Crippen LogP contribution is -2.41. The van der Waals surface area contributed by atoms with Gasteiger partial charge in [0.1, 0.15) is 12.3 Å². The summed E-state index contributed by atoms with van der Waals surface area (Å²) in [6, 6.07) is 20.6. The van der Waals surface area contributed by atoms with Gasteiger partial charge in [-0.25, -0.2) is 8.42 Å². The molecule has 0 aliphatic heterocycles. The summed E-state index contributed by atoms with van der Waals surface area (Å²) in [7, 11) is -3.97. The summed E-state index contributed by atoms with van der Waals surface area (Å²) < 4.78 is 33.6. The summed E-state index contributed by atoms with van der Waals surface area (Å²) in [4.78, 5) is 13.8. The first-order chi connectivity index (χ1) is 16.3. The Bertz CT molecular complexity index is 1180. The van der Waals surface area contributed by atoms with Gasteiger partial charge in [-0.1, -0.05) is 23.7 Å². The molecule has 3 aromatic carbocycles. The van der Waals surface area contributed by atoms with E-state index in [1.165, 1.54) is 11.8 Å². The van der Waals surface area contributed by atoms with Gasteiger partial charge < -0.3 is 10.1 Å². The number of rotatable bonds is 11. The zero-order chi connectivity index (χ0) is 24.6. The van der Waals surface area contributed by atoms with Gasteiger partial charge in [0, 0.05) is 16.5 Å². The van der Waals surface area contributed by atoms with E-state index >= 15 is 0 Å². The van der Waals surface area contributed by atoms with E-state index in [2.05, 4.69) is 5.32 Å². The molecule has 0 bridgehead atoms. The molecule has 9 heteroatoms. The predicted molar refractivity (Wildman–Crippen MR) is 139 cm³/mol. The molecule has 0 aliphatic rings. The zero-order valence-electron chi connectivity index (χ0n) is 19.0. The highest BCUT2D eigenvalue weighted by molar-refractivity contribution is 7.98. The van der Waals surface area contributed by atoms with E-state index in [1.54, 1.807) is 60.7 Å². The summed E-state index contributed by atoms with van der Waals surface area (Å²) in [6.07, 6.45) is 2.53. The molecule has 1 N–H and O–H groups in total. The number of amides is 1. The maximum absolute atomic E-state index is 13.5. The molecule has 0 aromatic heterocycles. The van der Waals surface area contributed by atoms with Crippen molar-refractivity contribution in [3.05, 3.63) is 83.4 Å². The van der Waals surface area contributed by atoms with Gasteiger partial charge in [0.05, 0.1) is 17.2 Å². The van der Waals surface area contributed by atoms with Gasteiger partial charge in [-0.3, -0.25) is 9.10 Å². The second kappa shape index (κ2) is 12.1. The maximum Gasteiger partial charge on any atom is 0.264 e. The second-order valence-corrected chi connectivity index (χ2v) is 10.5. The van der Waals surface area contributed by atoms with Crippen molar-refractivity contribution in [1.29, 1.82) is 0 Å². The van der Waals surface area contributed by atoms with E-state index in [0.29, 0.717) is 36.0 Å². The molecule has 34 heavy (non-hydrogen) atoms. The van der Waals surface area contributed by atoms with Crippen molar-refractivity contribution in [3.8, 4) is 5.75 Å². The Hall–Kier alpha value is -2.68. The molecule has 0 heterocycles. The van der Waals surface area contributed by atoms with Crippen LogP contribution in [0.5, 0.6) is 5.75 Å². The molecular weight excluding hydrogens is 492 g/mol. The number of sulfonamides is 1. The second-order valence-electron chi connectivity index (χ2n) is 7.34. The van der Waals surface area contributed by atoms with Crippen molar-refractivity contribution >= 4 is 45.0 Å². The first-order valence-corrected chi connectivity index (χ1v) is 13.8. The highest BCUT2D eigenvalue weighted by atomic mass is 35.5. The molecule has 0 unspecified atom stereocenters. The van der Waals surface area contributed by atoms with Crippen LogP contribution in [0.15, 0.2) is 82.6 Å². The summed E-state index contributed by atoms with van der Waals surface area (Å²) in [5, 5.41) is 3.46. The van der Waals surface area contributed by atoms with Crippen LogP contribution in [0.1, 0.15) is 12.5 Å². The van der Waals surface area contributed by atoms with Crippen LogP contribution in [-0.4, -0.2) is 40.3 Å². The molecule has 3 aromatic rings. The Kier molecular flexibility index (Phi) is 9.27. The maximum atomic E-state index is 13.5. The van der Waals surface area contributed by atoms with Crippen LogP contribution in [0.2, 0.25) is 5.02 Å². The standard InChI is InChI=1S/C25H27ClN2O4S2/c1-3-32-22-10-8-21(9-11-22)28(34(30,31)24-14-12-23(33-2)13-15-24)18-25(29)27-17-16-19-4-6-20(26)7-5-19/h4-15H,3,16-18H2,1-2H3,(H,27,29). The van der Waals surface area contributed by atoms with E-state index in [9.17, 15) is 13.2 Å². The number of anilines is 1. The molecular formula is C25H27ClN2O4S2. The van der Waals surface area contributed by atoms with Crippen molar-refractivity contribution in [2.45, 2.75) is 23.1 Å². The van der Waals surface area contributed by atoms with Gasteiger partial charge in [-0.05, 0) is 85.8 Å². The van der Waals surface area contributed by atoms with Crippen LogP contribution in [0, 0.1) is 0 Å². The quantitative estimate of drug-likeness (QED) is 0.361. The first-order valence-electron chi connectivity index (χ1n) is 10.7. The fourth-order valence-corrected chi connectivity index (χ4v) is 5.20. The molecule has 0 saturated heterocycles. The third-order valence-electron chi connectivity index (χ3n) is 5.02. The monoisotopic (exact) mass is 518 g/mol. The molecule has 180 valence electrons. The minimum atomic E-state index is -3.97. The highest BCUT2D eigenvalue weighted by Crippen LogP contribution is 2.27. The average molecular weight is 519 g/mol. The van der Waals surface area contributed by atoms with Crippen molar-refractivity contribution in [3.63, 3.8) is 0 Å². The van der Waals surface area contributed by atoms with Crippen LogP contribution >= 0.6 is 23.4 Å². The topological polar surface area (TPSA) is 75.7 Å². The van der Waals surface area contributed by atoms with E-state index < -0.39 is 15.9 Å². The van der Waals surface area contributed by atoms with Gasteiger partial charge in [0.2, 0.25) is 5.91 Å². The molecule has 0 saturated carbocycles. The molecule has 1 amide bonds. The van der Waals surface area contributed by atoms with E-state index in [1.807, 2.05) is 25.3 Å². The molecule has 0 atom stereocenters. The molecule has 6 nitrogen and oxygen atoms in total. The third kappa shape index (κ3) is 6.91. The smallest absolute Gasteiger partial charge is 0.264 e. The average Bonchev–Trinajstić information content (AvgIpc) is 2.84. The Balaban J connectivity index is 1.79. The lowest BCUT2D eigenvalue weighted by atomic mass is 10.1. The normalized spacial score (nSPS) is 11.1. The summed E-state index contributed by atoms with van der Waals surface area (Å²) >= 11 is 7.43. The molecule has 3 rings (SSSR count). The number of thioether (sulfide) groups is 1. The highest BCUT2D eigenvalue weighted by Gasteiger charge is 2.27. The minimum absolute atomic E-state index is 0.119. The number of hydrogen-bond acceptors (Lipinski definition) is 5. The van der Waals surface area contributed by atoms with Gasteiger partial charge in [0.25, 0.3) is 10.0 Å². The van der Waals surface area contributed by atoms with E-state index in [0.717, 1.165) is 14.8 Å². The van der Waals surface area contributed by atoms with Gasteiger partial charge in [-0.15, -0.1) is 11.8 Å². The van der Waals surface area contributed by atoms with E-state index in [4.69, 9.17) is 16.3 Å². The third-order valence-corrected chi connectivity index (χ3v) is 7.80. The zero-order valence-corrected chi connectivity index (χ0v) is 21.4. The lowest BCUT2D eigenvalue weighted by Gasteiger charge is -2.24. The summed E-state index contributed by atoms with van der Waals surface area (Å²) in [5.41, 5.74) is 1.40. The van der Waals surface area contributed by atoms with Crippen molar-refractivity contribution in [2.75, 3.05) is 30.3 Å². The fourth-order valence-electron chi connectivity index (χ4n) is 3.25. The number of hydrogen-bond donors (Lipinski definition) is 1. The van der Waals surface area contributed by atoms with Gasteiger partial charge in [-0.2, -0.15) is 0 Å². The van der Waals surface area contributed by atoms with Crippen LogP contribution in [-0.2, 0) is 21.2 Å². The van der Waals surface area contributed by atoms with E-state index in [-0.39, 0.29) is 11.4 Å². The molecule has 0 radical (unpaired) electrons. The summed E-state index contributed by atoms with van der Waals surface area (Å²) in [5.74, 6) is 0.229. The number of carbonyl (C=O) groups is 1. The lowest BCUT2D eigenvalue weighted by molar-refractivity contribution is -0.119. The molecule has 0 aliphatic carbocycles. The summed E-state index contributed by atoms with van der Waals surface area (Å²) in [6.45, 7) is 2.40. The van der Waals surface area contributed by atoms with Gasteiger partial charge in [0.15, 0.2) is 0 Å². The fraction of sp³-hybridized carbons (Fsp3) is 0.240. The van der Waals surface area contributed by atoms with Crippen molar-refractivity contribution in [2.24, 2.45) is 0 Å².